The third kappa shape index (κ3) is 5.85. The number of aromatic amines is 1. The summed E-state index contributed by atoms with van der Waals surface area (Å²) in [4.78, 5) is 16.9. The molecule has 0 bridgehead atoms. The highest BCUT2D eigenvalue weighted by Gasteiger charge is 2.15. The van der Waals surface area contributed by atoms with E-state index in [9.17, 15) is 9.90 Å². The van der Waals surface area contributed by atoms with Crippen molar-refractivity contribution >= 4 is 16.9 Å². The van der Waals surface area contributed by atoms with E-state index in [0.717, 1.165) is 22.3 Å². The fourth-order valence-corrected chi connectivity index (χ4v) is 3.00. The largest absolute Gasteiger partial charge is 0.491 e. The Labute approximate surface area is 158 Å². The van der Waals surface area contributed by atoms with Crippen LogP contribution in [0.1, 0.15) is 5.69 Å². The molecule has 2 heterocycles. The Morgan fingerprint density at radius 1 is 1.33 bits per heavy atom. The van der Waals surface area contributed by atoms with Gasteiger partial charge in [0.05, 0.1) is 13.2 Å². The van der Waals surface area contributed by atoms with Gasteiger partial charge in [0.15, 0.2) is 0 Å². The minimum atomic E-state index is -0.622. The molecular weight excluding hydrogens is 348 g/mol. The van der Waals surface area contributed by atoms with Crippen LogP contribution in [0.15, 0.2) is 24.3 Å². The molecule has 8 nitrogen and oxygen atoms in total. The van der Waals surface area contributed by atoms with E-state index in [-0.39, 0.29) is 12.6 Å². The highest BCUT2D eigenvalue weighted by Crippen LogP contribution is 2.21. The molecule has 1 aromatic heterocycles. The number of nitrogens with zero attached hydrogens (tertiary/aromatic N) is 1. The molecule has 0 radical (unpaired) electrons. The van der Waals surface area contributed by atoms with Gasteiger partial charge < -0.3 is 35.1 Å². The summed E-state index contributed by atoms with van der Waals surface area (Å²) in [6.07, 6.45) is -0.622. The number of amides is 2. The summed E-state index contributed by atoms with van der Waals surface area (Å²) in [7, 11) is 0. The summed E-state index contributed by atoms with van der Waals surface area (Å²) in [6, 6.07) is 7.81. The minimum absolute atomic E-state index is 0.0700. The molecule has 8 heteroatoms. The Bertz CT molecular complexity index is 742. The lowest BCUT2D eigenvalue weighted by atomic mass is 10.2. The number of hydrogen-bond acceptors (Lipinski definition) is 5. The number of urea groups is 1. The van der Waals surface area contributed by atoms with Crippen molar-refractivity contribution in [2.45, 2.75) is 13.0 Å². The smallest absolute Gasteiger partial charge is 0.317 e. The van der Waals surface area contributed by atoms with Crippen LogP contribution in [0.3, 0.4) is 0 Å². The SMILES string of the molecule is Cc1cc2cc(OC[C@@H](O)CNCCNC(=O)N3CCOCC3)ccc2[nH]1. The molecule has 0 aliphatic carbocycles. The second kappa shape index (κ2) is 9.59. The third-order valence-electron chi connectivity index (χ3n) is 4.43. The summed E-state index contributed by atoms with van der Waals surface area (Å²) in [5, 5.41) is 17.1. The number of aryl methyl sites for hydroxylation is 1. The molecule has 0 unspecified atom stereocenters. The minimum Gasteiger partial charge on any atom is -0.491 e. The molecule has 1 aromatic carbocycles. The van der Waals surface area contributed by atoms with Gasteiger partial charge in [0.2, 0.25) is 0 Å². The van der Waals surface area contributed by atoms with Crippen molar-refractivity contribution in [3.63, 3.8) is 0 Å². The normalized spacial score (nSPS) is 15.7. The van der Waals surface area contributed by atoms with Crippen molar-refractivity contribution in [1.29, 1.82) is 0 Å². The molecule has 2 amide bonds. The Kier molecular flexibility index (Phi) is 6.92. The van der Waals surface area contributed by atoms with Gasteiger partial charge in [-0.2, -0.15) is 0 Å². The summed E-state index contributed by atoms with van der Waals surface area (Å²) in [6.45, 7) is 6.16. The molecule has 3 rings (SSSR count). The molecule has 0 saturated carbocycles. The third-order valence-corrected chi connectivity index (χ3v) is 4.43. The van der Waals surface area contributed by atoms with E-state index in [0.29, 0.717) is 45.9 Å². The van der Waals surface area contributed by atoms with E-state index in [1.165, 1.54) is 0 Å². The van der Waals surface area contributed by atoms with Crippen LogP contribution < -0.4 is 15.4 Å². The van der Waals surface area contributed by atoms with Gasteiger partial charge in [0, 0.05) is 49.3 Å². The Morgan fingerprint density at radius 3 is 2.96 bits per heavy atom. The fraction of sp³-hybridized carbons (Fsp3) is 0.526. The molecule has 1 aliphatic heterocycles. The topological polar surface area (TPSA) is 98.8 Å². The summed E-state index contributed by atoms with van der Waals surface area (Å²) >= 11 is 0. The van der Waals surface area contributed by atoms with Crippen molar-refractivity contribution < 1.29 is 19.4 Å². The van der Waals surface area contributed by atoms with Crippen LogP contribution in [-0.4, -0.2) is 79.7 Å². The van der Waals surface area contributed by atoms with Crippen LogP contribution in [0.5, 0.6) is 5.75 Å². The van der Waals surface area contributed by atoms with Crippen LogP contribution >= 0.6 is 0 Å². The zero-order valence-electron chi connectivity index (χ0n) is 15.7. The molecular formula is C19H28N4O4. The molecule has 4 N–H and O–H groups in total. The van der Waals surface area contributed by atoms with E-state index in [1.54, 1.807) is 4.90 Å². The van der Waals surface area contributed by atoms with Crippen LogP contribution in [-0.2, 0) is 4.74 Å². The number of hydrogen-bond donors (Lipinski definition) is 4. The number of carbonyl (C=O) groups excluding carboxylic acids is 1. The van der Waals surface area contributed by atoms with Gasteiger partial charge in [-0.3, -0.25) is 0 Å². The first-order valence-electron chi connectivity index (χ1n) is 9.33. The summed E-state index contributed by atoms with van der Waals surface area (Å²) < 4.78 is 10.9. The van der Waals surface area contributed by atoms with Gasteiger partial charge in [0.1, 0.15) is 18.5 Å². The zero-order valence-corrected chi connectivity index (χ0v) is 15.7. The van der Waals surface area contributed by atoms with Gasteiger partial charge in [-0.15, -0.1) is 0 Å². The van der Waals surface area contributed by atoms with E-state index in [1.807, 2.05) is 25.1 Å². The van der Waals surface area contributed by atoms with Crippen molar-refractivity contribution in [3.8, 4) is 5.75 Å². The number of nitrogens with one attached hydrogen (secondary N) is 3. The van der Waals surface area contributed by atoms with E-state index >= 15 is 0 Å². The van der Waals surface area contributed by atoms with Gasteiger partial charge in [-0.1, -0.05) is 0 Å². The molecule has 1 atom stereocenters. The van der Waals surface area contributed by atoms with Crippen LogP contribution in [0, 0.1) is 6.92 Å². The molecule has 2 aromatic rings. The predicted octanol–water partition coefficient (Wildman–Crippen LogP) is 0.847. The average Bonchev–Trinajstić information content (AvgIpc) is 3.06. The standard InChI is InChI=1S/C19H28N4O4/c1-14-10-15-11-17(2-3-18(15)22-14)27-13-16(24)12-20-4-5-21-19(25)23-6-8-26-9-7-23/h2-3,10-11,16,20,22,24H,4-9,12-13H2,1H3,(H,21,25)/t16-/m0/s1. The Hall–Kier alpha value is -2.29. The number of morpholine rings is 1. The van der Waals surface area contributed by atoms with E-state index in [4.69, 9.17) is 9.47 Å². The van der Waals surface area contributed by atoms with Crippen molar-refractivity contribution in [3.05, 3.63) is 30.0 Å². The van der Waals surface area contributed by atoms with Gasteiger partial charge in [-0.05, 0) is 31.2 Å². The summed E-state index contributed by atoms with van der Waals surface area (Å²) in [5.74, 6) is 0.735. The van der Waals surface area contributed by atoms with Crippen LogP contribution in [0.25, 0.3) is 10.9 Å². The Morgan fingerprint density at radius 2 is 2.15 bits per heavy atom. The van der Waals surface area contributed by atoms with Gasteiger partial charge in [-0.25, -0.2) is 4.79 Å². The lowest BCUT2D eigenvalue weighted by Crippen LogP contribution is -2.47. The van der Waals surface area contributed by atoms with E-state index in [2.05, 4.69) is 21.7 Å². The first-order chi connectivity index (χ1) is 13.1. The molecule has 1 aliphatic rings. The molecule has 1 saturated heterocycles. The number of rotatable bonds is 8. The fourth-order valence-electron chi connectivity index (χ4n) is 3.00. The molecule has 0 spiro atoms. The van der Waals surface area contributed by atoms with E-state index < -0.39 is 6.10 Å². The number of H-pyrrole nitrogens is 1. The van der Waals surface area contributed by atoms with Crippen LogP contribution in [0.4, 0.5) is 4.79 Å². The molecule has 1 fully saturated rings. The maximum absolute atomic E-state index is 11.9. The monoisotopic (exact) mass is 376 g/mol. The number of fused-ring (bicyclic) bond motifs is 1. The second-order valence-electron chi connectivity index (χ2n) is 6.70. The lowest BCUT2D eigenvalue weighted by molar-refractivity contribution is 0.0532. The maximum Gasteiger partial charge on any atom is 0.317 e. The number of aromatic nitrogens is 1. The molecule has 148 valence electrons. The highest BCUT2D eigenvalue weighted by molar-refractivity contribution is 5.81. The van der Waals surface area contributed by atoms with Gasteiger partial charge >= 0.3 is 6.03 Å². The highest BCUT2D eigenvalue weighted by atomic mass is 16.5. The number of carbonyl (C=O) groups is 1. The van der Waals surface area contributed by atoms with Crippen molar-refractivity contribution in [2.24, 2.45) is 0 Å². The first-order valence-corrected chi connectivity index (χ1v) is 9.33. The van der Waals surface area contributed by atoms with Crippen molar-refractivity contribution in [1.82, 2.24) is 20.5 Å². The van der Waals surface area contributed by atoms with Crippen molar-refractivity contribution in [2.75, 3.05) is 52.5 Å². The number of aliphatic hydroxyl groups is 1. The predicted molar refractivity (Wildman–Crippen MR) is 103 cm³/mol. The lowest BCUT2D eigenvalue weighted by Gasteiger charge is -2.27. The number of ether oxygens (including phenoxy) is 2. The maximum atomic E-state index is 11.9. The zero-order chi connectivity index (χ0) is 19.1. The first kappa shape index (κ1) is 19.5. The average molecular weight is 376 g/mol. The Balaban J connectivity index is 1.28. The van der Waals surface area contributed by atoms with Crippen LogP contribution in [0.2, 0.25) is 0 Å². The molecule has 27 heavy (non-hydrogen) atoms. The quantitative estimate of drug-likeness (QED) is 0.512. The number of benzene rings is 1. The van der Waals surface area contributed by atoms with Gasteiger partial charge in [0.25, 0.3) is 0 Å². The second-order valence-corrected chi connectivity index (χ2v) is 6.70. The summed E-state index contributed by atoms with van der Waals surface area (Å²) in [5.41, 5.74) is 2.17. The number of aliphatic hydroxyl groups excluding tert-OH is 1.